The second-order valence-corrected chi connectivity index (χ2v) is 8.39. The first-order valence-electron chi connectivity index (χ1n) is 9.74. The standard InChI is InChI=1S/C22H23F3N2O3/c1-13-21(2,3)30-19-9-15(22(23,24)25)7-8-18(19)27(13)17-6-4-5-16(10-17)26-11-14(12-26)20(28)29/h4-10,13-14H,11-12H2,1-3H3,(H,28,29). The second kappa shape index (κ2) is 6.82. The van der Waals surface area contributed by atoms with Crippen LogP contribution in [0.3, 0.4) is 0 Å². The smallest absolute Gasteiger partial charge is 0.416 e. The molecule has 0 saturated carbocycles. The minimum Gasteiger partial charge on any atom is -0.484 e. The molecule has 8 heteroatoms. The fourth-order valence-electron chi connectivity index (χ4n) is 3.91. The van der Waals surface area contributed by atoms with Crippen molar-refractivity contribution in [2.24, 2.45) is 5.92 Å². The second-order valence-electron chi connectivity index (χ2n) is 8.39. The maximum atomic E-state index is 13.2. The Bertz CT molecular complexity index is 984. The van der Waals surface area contributed by atoms with Crippen LogP contribution in [0.2, 0.25) is 0 Å². The highest BCUT2D eigenvalue weighted by atomic mass is 19.4. The van der Waals surface area contributed by atoms with Gasteiger partial charge in [0.1, 0.15) is 11.4 Å². The average molecular weight is 420 g/mol. The largest absolute Gasteiger partial charge is 0.484 e. The molecule has 2 aromatic carbocycles. The summed E-state index contributed by atoms with van der Waals surface area (Å²) < 4.78 is 45.6. The molecular formula is C22H23F3N2O3. The van der Waals surface area contributed by atoms with Gasteiger partial charge in [0.2, 0.25) is 0 Å². The Morgan fingerprint density at radius 1 is 1.13 bits per heavy atom. The van der Waals surface area contributed by atoms with Gasteiger partial charge >= 0.3 is 12.1 Å². The van der Waals surface area contributed by atoms with Gasteiger partial charge < -0.3 is 19.6 Å². The van der Waals surface area contributed by atoms with Crippen molar-refractivity contribution in [3.8, 4) is 5.75 Å². The van der Waals surface area contributed by atoms with Crippen molar-refractivity contribution >= 4 is 23.0 Å². The molecule has 0 aliphatic carbocycles. The normalized spacial score (nSPS) is 20.9. The minimum atomic E-state index is -4.45. The summed E-state index contributed by atoms with van der Waals surface area (Å²) in [6.45, 7) is 6.55. The predicted octanol–water partition coefficient (Wildman–Crippen LogP) is 4.92. The molecule has 2 aliphatic heterocycles. The van der Waals surface area contributed by atoms with Gasteiger partial charge in [-0.3, -0.25) is 4.79 Å². The van der Waals surface area contributed by atoms with Crippen molar-refractivity contribution in [3.05, 3.63) is 48.0 Å². The Kier molecular flexibility index (Phi) is 4.63. The van der Waals surface area contributed by atoms with Gasteiger partial charge in [-0.2, -0.15) is 13.2 Å². The van der Waals surface area contributed by atoms with E-state index in [2.05, 4.69) is 0 Å². The number of benzene rings is 2. The molecular weight excluding hydrogens is 397 g/mol. The zero-order valence-electron chi connectivity index (χ0n) is 16.9. The highest BCUT2D eigenvalue weighted by Crippen LogP contribution is 2.47. The number of rotatable bonds is 3. The zero-order valence-corrected chi connectivity index (χ0v) is 16.9. The highest BCUT2D eigenvalue weighted by molar-refractivity contribution is 5.77. The molecule has 0 aromatic heterocycles. The van der Waals surface area contributed by atoms with E-state index in [0.29, 0.717) is 18.8 Å². The van der Waals surface area contributed by atoms with Gasteiger partial charge in [-0.05, 0) is 57.2 Å². The molecule has 160 valence electrons. The van der Waals surface area contributed by atoms with Gasteiger partial charge in [-0.25, -0.2) is 0 Å². The summed E-state index contributed by atoms with van der Waals surface area (Å²) in [6.07, 6.45) is -4.45. The van der Waals surface area contributed by atoms with E-state index in [4.69, 9.17) is 9.84 Å². The van der Waals surface area contributed by atoms with Crippen LogP contribution < -0.4 is 14.5 Å². The third-order valence-electron chi connectivity index (χ3n) is 6.02. The summed E-state index contributed by atoms with van der Waals surface area (Å²) in [5.41, 5.74) is 0.795. The first-order valence-corrected chi connectivity index (χ1v) is 9.74. The van der Waals surface area contributed by atoms with Gasteiger partial charge in [0.25, 0.3) is 0 Å². The Hall–Kier alpha value is -2.90. The lowest BCUT2D eigenvalue weighted by molar-refractivity contribution is -0.142. The number of nitrogens with zero attached hydrogens (tertiary/aromatic N) is 2. The summed E-state index contributed by atoms with van der Waals surface area (Å²) >= 11 is 0. The molecule has 0 radical (unpaired) electrons. The van der Waals surface area contributed by atoms with E-state index in [1.807, 2.05) is 54.8 Å². The Morgan fingerprint density at radius 2 is 1.80 bits per heavy atom. The molecule has 2 aliphatic rings. The number of ether oxygens (including phenoxy) is 1. The molecule has 0 spiro atoms. The van der Waals surface area contributed by atoms with Crippen LogP contribution in [0.25, 0.3) is 0 Å². The monoisotopic (exact) mass is 420 g/mol. The summed E-state index contributed by atoms with van der Waals surface area (Å²) in [5, 5.41) is 9.11. The molecule has 0 bridgehead atoms. The average Bonchev–Trinajstić information content (AvgIpc) is 2.60. The molecule has 1 unspecified atom stereocenters. The van der Waals surface area contributed by atoms with Crippen LogP contribution in [-0.4, -0.2) is 35.8 Å². The topological polar surface area (TPSA) is 53.0 Å². The number of carbonyl (C=O) groups is 1. The summed E-state index contributed by atoms with van der Waals surface area (Å²) in [5.74, 6) is -0.995. The van der Waals surface area contributed by atoms with E-state index in [1.165, 1.54) is 6.07 Å². The highest BCUT2D eigenvalue weighted by Gasteiger charge is 2.42. The Morgan fingerprint density at radius 3 is 2.43 bits per heavy atom. The number of alkyl halides is 3. The lowest BCUT2D eigenvalue weighted by Gasteiger charge is -2.47. The van der Waals surface area contributed by atoms with E-state index in [1.54, 1.807) is 0 Å². The first kappa shape index (κ1) is 20.4. The molecule has 1 fully saturated rings. The quantitative estimate of drug-likeness (QED) is 0.764. The van der Waals surface area contributed by atoms with Gasteiger partial charge in [0.15, 0.2) is 0 Å². The number of hydrogen-bond donors (Lipinski definition) is 1. The lowest BCUT2D eigenvalue weighted by atomic mass is 9.93. The van der Waals surface area contributed by atoms with Gasteiger partial charge in [0.05, 0.1) is 23.2 Å². The number of carboxylic acid groups (broad SMARTS) is 1. The number of halogens is 3. The number of anilines is 3. The fourth-order valence-corrected chi connectivity index (χ4v) is 3.91. The third-order valence-corrected chi connectivity index (χ3v) is 6.02. The Balaban J connectivity index is 1.72. The number of fused-ring (bicyclic) bond motifs is 1. The van der Waals surface area contributed by atoms with Crippen LogP contribution in [0.15, 0.2) is 42.5 Å². The maximum Gasteiger partial charge on any atom is 0.416 e. The summed E-state index contributed by atoms with van der Waals surface area (Å²) in [6, 6.07) is 11.0. The van der Waals surface area contributed by atoms with Crippen molar-refractivity contribution < 1.29 is 27.8 Å². The molecule has 2 heterocycles. The minimum absolute atomic E-state index is 0.153. The van der Waals surface area contributed by atoms with Gasteiger partial charge in [-0.1, -0.05) is 6.07 Å². The summed E-state index contributed by atoms with van der Waals surface area (Å²) in [4.78, 5) is 15.1. The molecule has 1 saturated heterocycles. The molecule has 2 aromatic rings. The van der Waals surface area contributed by atoms with Crippen LogP contribution >= 0.6 is 0 Å². The van der Waals surface area contributed by atoms with Crippen molar-refractivity contribution in [2.75, 3.05) is 22.9 Å². The zero-order chi connectivity index (χ0) is 21.8. The molecule has 4 rings (SSSR count). The number of hydrogen-bond acceptors (Lipinski definition) is 4. The fraction of sp³-hybridized carbons (Fsp3) is 0.409. The van der Waals surface area contributed by atoms with Crippen LogP contribution in [0.4, 0.5) is 30.2 Å². The third kappa shape index (κ3) is 3.44. The van der Waals surface area contributed by atoms with Gasteiger partial charge in [-0.15, -0.1) is 0 Å². The Labute approximate surface area is 172 Å². The molecule has 5 nitrogen and oxygen atoms in total. The maximum absolute atomic E-state index is 13.2. The lowest BCUT2D eigenvalue weighted by Crippen LogP contribution is -2.53. The SMILES string of the molecule is CC1N(c2cccc(N3CC(C(=O)O)C3)c2)c2ccc(C(F)(F)F)cc2OC1(C)C. The molecule has 1 atom stereocenters. The van der Waals surface area contributed by atoms with E-state index < -0.39 is 23.3 Å². The van der Waals surface area contributed by atoms with Gasteiger partial charge in [0, 0.05) is 24.5 Å². The van der Waals surface area contributed by atoms with Crippen LogP contribution in [0.5, 0.6) is 5.75 Å². The summed E-state index contributed by atoms with van der Waals surface area (Å²) in [7, 11) is 0. The van der Waals surface area contributed by atoms with Crippen molar-refractivity contribution in [1.29, 1.82) is 0 Å². The van der Waals surface area contributed by atoms with Crippen LogP contribution in [0.1, 0.15) is 26.3 Å². The van der Waals surface area contributed by atoms with Crippen LogP contribution in [0, 0.1) is 5.92 Å². The molecule has 1 N–H and O–H groups in total. The molecule has 30 heavy (non-hydrogen) atoms. The van der Waals surface area contributed by atoms with Crippen LogP contribution in [-0.2, 0) is 11.0 Å². The van der Waals surface area contributed by atoms with Crippen molar-refractivity contribution in [1.82, 2.24) is 0 Å². The van der Waals surface area contributed by atoms with E-state index in [0.717, 1.165) is 23.5 Å². The van der Waals surface area contributed by atoms with Crippen molar-refractivity contribution in [2.45, 2.75) is 38.6 Å². The first-order chi connectivity index (χ1) is 14.0. The van der Waals surface area contributed by atoms with Crippen molar-refractivity contribution in [3.63, 3.8) is 0 Å². The predicted molar refractivity (Wildman–Crippen MR) is 108 cm³/mol. The van der Waals surface area contributed by atoms with E-state index in [9.17, 15) is 18.0 Å². The molecule has 0 amide bonds. The number of carboxylic acids is 1. The van der Waals surface area contributed by atoms with E-state index in [-0.39, 0.29) is 17.7 Å². The number of aliphatic carboxylic acids is 1. The van der Waals surface area contributed by atoms with E-state index >= 15 is 0 Å².